The van der Waals surface area contributed by atoms with Crippen LogP contribution in [0.3, 0.4) is 0 Å². The Morgan fingerprint density at radius 2 is 1.77 bits per heavy atom. The van der Waals surface area contributed by atoms with Crippen LogP contribution in [-0.4, -0.2) is 34.6 Å². The summed E-state index contributed by atoms with van der Waals surface area (Å²) in [6, 6.07) is 15.4. The molecule has 2 heterocycles. The molecule has 1 aromatic heterocycles. The summed E-state index contributed by atoms with van der Waals surface area (Å²) in [4.78, 5) is 5.68. The van der Waals surface area contributed by atoms with E-state index in [1.54, 1.807) is 11.8 Å². The van der Waals surface area contributed by atoms with Gasteiger partial charge >= 0.3 is 0 Å². The fourth-order valence-corrected chi connectivity index (χ4v) is 4.41. The number of thioether (sulfide) groups is 1. The van der Waals surface area contributed by atoms with Gasteiger partial charge in [-0.2, -0.15) is 5.10 Å². The molecule has 4 nitrogen and oxygen atoms in total. The second-order valence-electron chi connectivity index (χ2n) is 8.22. The molecule has 7 heteroatoms. The maximum absolute atomic E-state index is 6.54. The summed E-state index contributed by atoms with van der Waals surface area (Å²) in [6.07, 6.45) is 2.06. The van der Waals surface area contributed by atoms with Gasteiger partial charge in [-0.3, -0.25) is 0 Å². The highest BCUT2D eigenvalue weighted by molar-refractivity contribution is 7.98. The van der Waals surface area contributed by atoms with Gasteiger partial charge in [0.1, 0.15) is 6.10 Å². The van der Waals surface area contributed by atoms with Gasteiger partial charge in [0.2, 0.25) is 5.90 Å². The maximum Gasteiger partial charge on any atom is 0.238 e. The standard InChI is InChI=1S/C23H23Cl2N3OS/c1-23(2,3)18-13-26-22(29-18)19-21(30-4)20(14-9-11-15(24)12-10-14)28(27-19)17-8-6-5-7-16(17)25/h5-12,18H,13H2,1-4H3. The number of benzene rings is 2. The van der Waals surface area contributed by atoms with Crippen molar-refractivity contribution in [1.82, 2.24) is 9.78 Å². The molecule has 0 spiro atoms. The van der Waals surface area contributed by atoms with Crippen LogP contribution < -0.4 is 0 Å². The van der Waals surface area contributed by atoms with Crippen molar-refractivity contribution in [3.05, 3.63) is 64.3 Å². The zero-order chi connectivity index (χ0) is 21.5. The van der Waals surface area contributed by atoms with Crippen molar-refractivity contribution in [2.75, 3.05) is 12.8 Å². The minimum atomic E-state index is -0.00488. The molecule has 0 saturated heterocycles. The lowest BCUT2D eigenvalue weighted by Crippen LogP contribution is -2.29. The van der Waals surface area contributed by atoms with E-state index < -0.39 is 0 Å². The first-order chi connectivity index (χ1) is 14.3. The highest BCUT2D eigenvalue weighted by Gasteiger charge is 2.35. The van der Waals surface area contributed by atoms with Gasteiger partial charge in [0.25, 0.3) is 0 Å². The molecule has 0 aliphatic carbocycles. The Kier molecular flexibility index (Phi) is 5.88. The van der Waals surface area contributed by atoms with Crippen molar-refractivity contribution in [3.63, 3.8) is 0 Å². The van der Waals surface area contributed by atoms with Crippen molar-refractivity contribution in [2.24, 2.45) is 10.4 Å². The number of rotatable bonds is 4. The number of hydrogen-bond donors (Lipinski definition) is 0. The third kappa shape index (κ3) is 3.98. The molecule has 1 unspecified atom stereocenters. The summed E-state index contributed by atoms with van der Waals surface area (Å²) >= 11 is 14.3. The van der Waals surface area contributed by atoms with Crippen LogP contribution in [0.15, 0.2) is 58.4 Å². The monoisotopic (exact) mass is 459 g/mol. The molecule has 1 aliphatic heterocycles. The first-order valence-corrected chi connectivity index (χ1v) is 11.7. The van der Waals surface area contributed by atoms with Crippen molar-refractivity contribution < 1.29 is 4.74 Å². The van der Waals surface area contributed by atoms with E-state index in [4.69, 9.17) is 38.0 Å². The molecule has 4 rings (SSSR count). The van der Waals surface area contributed by atoms with Crippen LogP contribution in [0.2, 0.25) is 10.0 Å². The summed E-state index contributed by atoms with van der Waals surface area (Å²) in [7, 11) is 0. The summed E-state index contributed by atoms with van der Waals surface area (Å²) in [5.41, 5.74) is 3.46. The van der Waals surface area contributed by atoms with Gasteiger partial charge in [-0.15, -0.1) is 11.8 Å². The van der Waals surface area contributed by atoms with Gasteiger partial charge < -0.3 is 4.74 Å². The van der Waals surface area contributed by atoms with Gasteiger partial charge in [0.05, 0.1) is 27.8 Å². The van der Waals surface area contributed by atoms with Crippen molar-refractivity contribution in [2.45, 2.75) is 31.8 Å². The first-order valence-electron chi connectivity index (χ1n) is 9.69. The number of ether oxygens (including phenoxy) is 1. The minimum absolute atomic E-state index is 0.00488. The summed E-state index contributed by atoms with van der Waals surface area (Å²) in [6.45, 7) is 7.11. The van der Waals surface area contributed by atoms with Gasteiger partial charge in [0.15, 0.2) is 5.69 Å². The number of aromatic nitrogens is 2. The Hall–Kier alpha value is -1.95. The fourth-order valence-electron chi connectivity index (χ4n) is 3.35. The molecule has 2 aromatic carbocycles. The third-order valence-corrected chi connectivity index (χ3v) is 6.43. The molecule has 1 aliphatic rings. The first kappa shape index (κ1) is 21.3. The molecule has 1 atom stereocenters. The van der Waals surface area contributed by atoms with Crippen LogP contribution >= 0.6 is 35.0 Å². The predicted octanol–water partition coefficient (Wildman–Crippen LogP) is 6.76. The zero-order valence-electron chi connectivity index (χ0n) is 17.3. The van der Waals surface area contributed by atoms with Crippen molar-refractivity contribution in [3.8, 4) is 16.9 Å². The smallest absolute Gasteiger partial charge is 0.238 e. The van der Waals surface area contributed by atoms with E-state index in [2.05, 4.69) is 20.8 Å². The number of nitrogens with zero attached hydrogens (tertiary/aromatic N) is 3. The highest BCUT2D eigenvalue weighted by Crippen LogP contribution is 2.39. The minimum Gasteiger partial charge on any atom is -0.470 e. The largest absolute Gasteiger partial charge is 0.470 e. The molecule has 0 radical (unpaired) electrons. The van der Waals surface area contributed by atoms with Crippen LogP contribution in [0.5, 0.6) is 0 Å². The molecule has 0 fully saturated rings. The van der Waals surface area contributed by atoms with E-state index in [0.717, 1.165) is 27.5 Å². The Morgan fingerprint density at radius 1 is 1.07 bits per heavy atom. The Morgan fingerprint density at radius 3 is 2.37 bits per heavy atom. The van der Waals surface area contributed by atoms with Crippen LogP contribution in [0, 0.1) is 5.41 Å². The average molecular weight is 460 g/mol. The molecule has 0 saturated carbocycles. The van der Waals surface area contributed by atoms with Crippen LogP contribution in [0.25, 0.3) is 16.9 Å². The van der Waals surface area contributed by atoms with E-state index in [-0.39, 0.29) is 11.5 Å². The topological polar surface area (TPSA) is 39.4 Å². The van der Waals surface area contributed by atoms with E-state index in [1.165, 1.54) is 0 Å². The molecule has 0 bridgehead atoms. The van der Waals surface area contributed by atoms with Gasteiger partial charge in [-0.1, -0.05) is 68.2 Å². The van der Waals surface area contributed by atoms with E-state index in [1.807, 2.05) is 59.5 Å². The number of halogens is 2. The average Bonchev–Trinajstić information content (AvgIpc) is 3.33. The second-order valence-corrected chi connectivity index (χ2v) is 9.88. The van der Waals surface area contributed by atoms with E-state index in [9.17, 15) is 0 Å². The van der Waals surface area contributed by atoms with Crippen molar-refractivity contribution in [1.29, 1.82) is 0 Å². The summed E-state index contributed by atoms with van der Waals surface area (Å²) < 4.78 is 8.13. The maximum atomic E-state index is 6.54. The third-order valence-electron chi connectivity index (χ3n) is 5.07. The van der Waals surface area contributed by atoms with Gasteiger partial charge in [-0.25, -0.2) is 9.67 Å². The summed E-state index contributed by atoms with van der Waals surface area (Å²) in [5.74, 6) is 0.584. The second kappa shape index (κ2) is 8.29. The Labute approximate surface area is 191 Å². The van der Waals surface area contributed by atoms with Gasteiger partial charge in [-0.05, 0) is 30.5 Å². The Balaban J connectivity index is 1.90. The predicted molar refractivity (Wildman–Crippen MR) is 127 cm³/mol. The molecule has 3 aromatic rings. The molecular weight excluding hydrogens is 437 g/mol. The van der Waals surface area contributed by atoms with Crippen LogP contribution in [0.4, 0.5) is 0 Å². The fraction of sp³-hybridized carbons (Fsp3) is 0.304. The quantitative estimate of drug-likeness (QED) is 0.404. The molecule has 30 heavy (non-hydrogen) atoms. The zero-order valence-corrected chi connectivity index (χ0v) is 19.6. The number of para-hydroxylation sites is 1. The number of hydrogen-bond acceptors (Lipinski definition) is 4. The molecule has 0 N–H and O–H groups in total. The normalized spacial score (nSPS) is 16.5. The van der Waals surface area contributed by atoms with Crippen molar-refractivity contribution >= 4 is 40.9 Å². The Bertz CT molecular complexity index is 1100. The van der Waals surface area contributed by atoms with Gasteiger partial charge in [0, 0.05) is 16.0 Å². The molecule has 0 amide bonds. The van der Waals surface area contributed by atoms with Crippen LogP contribution in [0.1, 0.15) is 26.5 Å². The van der Waals surface area contributed by atoms with Crippen LogP contribution in [-0.2, 0) is 4.74 Å². The lowest BCUT2D eigenvalue weighted by molar-refractivity contribution is 0.103. The molecular formula is C23H23Cl2N3OS. The lowest BCUT2D eigenvalue weighted by atomic mass is 9.89. The highest BCUT2D eigenvalue weighted by atomic mass is 35.5. The molecule has 156 valence electrons. The SMILES string of the molecule is CSc1c(C2=NCC(C(C)(C)C)O2)nn(-c2ccccc2Cl)c1-c1ccc(Cl)cc1. The van der Waals surface area contributed by atoms with E-state index in [0.29, 0.717) is 22.5 Å². The van der Waals surface area contributed by atoms with E-state index >= 15 is 0 Å². The summed E-state index contributed by atoms with van der Waals surface area (Å²) in [5, 5.41) is 6.24. The lowest BCUT2D eigenvalue weighted by Gasteiger charge is -2.25. The number of aliphatic imine (C=N–C) groups is 1.